The maximum absolute atomic E-state index is 12.2. The molecular weight excluding hydrogens is 242 g/mol. The van der Waals surface area contributed by atoms with Crippen molar-refractivity contribution in [2.75, 3.05) is 7.11 Å². The summed E-state index contributed by atoms with van der Waals surface area (Å²) in [5, 5.41) is 0.912. The molecule has 0 unspecified atom stereocenters. The zero-order valence-electron chi connectivity index (χ0n) is 11.6. The third kappa shape index (κ3) is 2.38. The highest BCUT2D eigenvalue weighted by Gasteiger charge is 2.12. The van der Waals surface area contributed by atoms with Gasteiger partial charge in [-0.05, 0) is 37.6 Å². The van der Waals surface area contributed by atoms with Crippen LogP contribution in [0.4, 0.5) is 0 Å². The monoisotopic (exact) mass is 259 g/mol. The van der Waals surface area contributed by atoms with E-state index in [2.05, 4.69) is 0 Å². The number of methoxy groups -OCH3 is 1. The second kappa shape index (κ2) is 4.88. The minimum Gasteiger partial charge on any atom is -0.495 e. The number of carbonyl (C=O) groups is 1. The summed E-state index contributed by atoms with van der Waals surface area (Å²) in [6, 6.07) is 5.67. The van der Waals surface area contributed by atoms with Crippen molar-refractivity contribution in [3.05, 3.63) is 39.7 Å². The molecule has 0 aliphatic rings. The second-order valence-corrected chi connectivity index (χ2v) is 4.82. The number of hydrogen-bond donors (Lipinski definition) is 0. The summed E-state index contributed by atoms with van der Waals surface area (Å²) in [5.41, 5.74) is 2.18. The number of fused-ring (bicyclic) bond motifs is 1. The van der Waals surface area contributed by atoms with Gasteiger partial charge in [-0.1, -0.05) is 0 Å². The highest BCUT2D eigenvalue weighted by Crippen LogP contribution is 2.26. The lowest BCUT2D eigenvalue weighted by atomic mass is 10.1. The fourth-order valence-corrected chi connectivity index (χ4v) is 2.36. The van der Waals surface area contributed by atoms with Crippen LogP contribution >= 0.6 is 0 Å². The first-order valence-corrected chi connectivity index (χ1v) is 6.10. The van der Waals surface area contributed by atoms with E-state index >= 15 is 0 Å². The summed E-state index contributed by atoms with van der Waals surface area (Å²) in [5.74, 6) is 0.653. The van der Waals surface area contributed by atoms with Crippen LogP contribution in [0.5, 0.6) is 5.75 Å². The molecule has 2 aromatic rings. The number of benzene rings is 1. The number of ketones is 1. The first kappa shape index (κ1) is 13.3. The molecule has 19 heavy (non-hydrogen) atoms. The molecule has 0 amide bonds. The molecule has 0 radical (unpaired) electrons. The molecule has 0 aliphatic carbocycles. The lowest BCUT2D eigenvalue weighted by Gasteiger charge is -2.12. The van der Waals surface area contributed by atoms with E-state index in [0.717, 1.165) is 16.5 Å². The maximum Gasteiger partial charge on any atom is 0.254 e. The fraction of sp³-hybridized carbons (Fsp3) is 0.333. The van der Waals surface area contributed by atoms with E-state index in [-0.39, 0.29) is 17.8 Å². The van der Waals surface area contributed by atoms with Crippen LogP contribution in [0.25, 0.3) is 10.9 Å². The summed E-state index contributed by atoms with van der Waals surface area (Å²) in [6.07, 6.45) is 0.166. The highest BCUT2D eigenvalue weighted by atomic mass is 16.5. The summed E-state index contributed by atoms with van der Waals surface area (Å²) in [4.78, 5) is 23.5. The first-order chi connectivity index (χ1) is 8.93. The van der Waals surface area contributed by atoms with Crippen LogP contribution in [0.2, 0.25) is 0 Å². The third-order valence-electron chi connectivity index (χ3n) is 3.15. The summed E-state index contributed by atoms with van der Waals surface area (Å²) >= 11 is 0. The Kier molecular flexibility index (Phi) is 3.42. The molecule has 1 heterocycles. The number of aryl methyl sites for hydroxylation is 2. The molecule has 1 aromatic heterocycles. The molecule has 2 rings (SSSR count). The maximum atomic E-state index is 12.2. The van der Waals surface area contributed by atoms with Gasteiger partial charge in [0.2, 0.25) is 0 Å². The molecule has 0 spiro atoms. The molecule has 0 fully saturated rings. The van der Waals surface area contributed by atoms with Crippen LogP contribution in [0, 0.1) is 6.92 Å². The molecule has 0 atom stereocenters. The van der Waals surface area contributed by atoms with Crippen molar-refractivity contribution in [3.63, 3.8) is 0 Å². The Bertz CT molecular complexity index is 713. The molecule has 0 aliphatic heterocycles. The molecule has 4 nitrogen and oxygen atoms in total. The van der Waals surface area contributed by atoms with Gasteiger partial charge in [-0.15, -0.1) is 0 Å². The van der Waals surface area contributed by atoms with Gasteiger partial charge < -0.3 is 9.30 Å². The van der Waals surface area contributed by atoms with Crippen molar-refractivity contribution in [2.24, 2.45) is 7.05 Å². The number of hydrogen-bond acceptors (Lipinski definition) is 3. The van der Waals surface area contributed by atoms with E-state index in [0.29, 0.717) is 11.3 Å². The van der Waals surface area contributed by atoms with Gasteiger partial charge >= 0.3 is 0 Å². The Morgan fingerprint density at radius 1 is 1.32 bits per heavy atom. The largest absolute Gasteiger partial charge is 0.495 e. The van der Waals surface area contributed by atoms with Gasteiger partial charge in [0.15, 0.2) is 0 Å². The SMILES string of the molecule is COc1cc(C)cc2cc(CC(C)=O)c(=O)n(C)c12. The lowest BCUT2D eigenvalue weighted by Crippen LogP contribution is -2.23. The number of ether oxygens (including phenoxy) is 1. The highest BCUT2D eigenvalue weighted by molar-refractivity contribution is 5.87. The molecule has 0 saturated heterocycles. The van der Waals surface area contributed by atoms with Gasteiger partial charge in [-0.25, -0.2) is 0 Å². The Morgan fingerprint density at radius 2 is 2.00 bits per heavy atom. The molecule has 1 aromatic carbocycles. The molecule has 4 heteroatoms. The van der Waals surface area contributed by atoms with Gasteiger partial charge in [0, 0.05) is 24.4 Å². The van der Waals surface area contributed by atoms with Crippen molar-refractivity contribution < 1.29 is 9.53 Å². The van der Waals surface area contributed by atoms with Crippen LogP contribution < -0.4 is 10.3 Å². The Balaban J connectivity index is 2.83. The van der Waals surface area contributed by atoms with E-state index in [1.807, 2.05) is 19.1 Å². The van der Waals surface area contributed by atoms with Crippen LogP contribution in [0.15, 0.2) is 23.0 Å². The van der Waals surface area contributed by atoms with E-state index < -0.39 is 0 Å². The topological polar surface area (TPSA) is 48.3 Å². The van der Waals surface area contributed by atoms with Crippen molar-refractivity contribution in [3.8, 4) is 5.75 Å². The number of Topliss-reactive ketones (excluding diaryl/α,β-unsaturated/α-hetero) is 1. The second-order valence-electron chi connectivity index (χ2n) is 4.82. The van der Waals surface area contributed by atoms with E-state index in [4.69, 9.17) is 4.74 Å². The molecule has 100 valence electrons. The zero-order chi connectivity index (χ0) is 14.2. The van der Waals surface area contributed by atoms with Crippen LogP contribution in [-0.2, 0) is 18.3 Å². The predicted molar refractivity (Wildman–Crippen MR) is 74.9 cm³/mol. The van der Waals surface area contributed by atoms with Gasteiger partial charge in [-0.2, -0.15) is 0 Å². The van der Waals surface area contributed by atoms with E-state index in [1.165, 1.54) is 6.92 Å². The van der Waals surface area contributed by atoms with Crippen molar-refractivity contribution in [1.29, 1.82) is 0 Å². The number of aromatic nitrogens is 1. The Morgan fingerprint density at radius 3 is 2.58 bits per heavy atom. The van der Waals surface area contributed by atoms with E-state index in [1.54, 1.807) is 24.8 Å². The summed E-state index contributed by atoms with van der Waals surface area (Å²) in [7, 11) is 3.29. The minimum absolute atomic E-state index is 0.0175. The van der Waals surface area contributed by atoms with Crippen molar-refractivity contribution >= 4 is 16.7 Å². The van der Waals surface area contributed by atoms with Gasteiger partial charge in [0.25, 0.3) is 5.56 Å². The smallest absolute Gasteiger partial charge is 0.254 e. The minimum atomic E-state index is -0.148. The van der Waals surface area contributed by atoms with Crippen molar-refractivity contribution in [2.45, 2.75) is 20.3 Å². The molecular formula is C15H17NO3. The van der Waals surface area contributed by atoms with Gasteiger partial charge in [0.1, 0.15) is 11.5 Å². The predicted octanol–water partition coefficient (Wildman–Crippen LogP) is 1.99. The number of rotatable bonds is 3. The van der Waals surface area contributed by atoms with Crippen LogP contribution in [0.3, 0.4) is 0 Å². The number of nitrogens with zero attached hydrogens (tertiary/aromatic N) is 1. The van der Waals surface area contributed by atoms with Crippen molar-refractivity contribution in [1.82, 2.24) is 4.57 Å². The molecule has 0 N–H and O–H groups in total. The standard InChI is InChI=1S/C15H17NO3/c1-9-5-11-8-12(7-10(2)17)15(18)16(3)14(11)13(6-9)19-4/h5-6,8H,7H2,1-4H3. The molecule has 0 bridgehead atoms. The van der Waals surface area contributed by atoms with Crippen LogP contribution in [-0.4, -0.2) is 17.5 Å². The average molecular weight is 259 g/mol. The number of carbonyl (C=O) groups excluding carboxylic acids is 1. The summed E-state index contributed by atoms with van der Waals surface area (Å²) in [6.45, 7) is 3.46. The van der Waals surface area contributed by atoms with E-state index in [9.17, 15) is 9.59 Å². The summed E-state index contributed by atoms with van der Waals surface area (Å²) < 4.78 is 6.89. The average Bonchev–Trinajstić information content (AvgIpc) is 2.33. The lowest BCUT2D eigenvalue weighted by molar-refractivity contribution is -0.116. The van der Waals surface area contributed by atoms with Gasteiger partial charge in [0.05, 0.1) is 12.6 Å². The Labute approximate surface area is 111 Å². The van der Waals surface area contributed by atoms with Gasteiger partial charge in [-0.3, -0.25) is 9.59 Å². The number of pyridine rings is 1. The fourth-order valence-electron chi connectivity index (χ4n) is 2.36. The quantitative estimate of drug-likeness (QED) is 0.847. The zero-order valence-corrected chi connectivity index (χ0v) is 11.6. The Hall–Kier alpha value is -2.10. The molecule has 0 saturated carbocycles. The van der Waals surface area contributed by atoms with Crippen LogP contribution in [0.1, 0.15) is 18.1 Å². The third-order valence-corrected chi connectivity index (χ3v) is 3.15. The normalized spacial score (nSPS) is 10.7. The first-order valence-electron chi connectivity index (χ1n) is 6.10.